The first-order chi connectivity index (χ1) is 17.5. The van der Waals surface area contributed by atoms with E-state index in [1.165, 1.54) is 31.1 Å². The number of fused-ring (bicyclic) bond motifs is 1. The lowest BCUT2D eigenvalue weighted by Crippen LogP contribution is -2.42. The van der Waals surface area contributed by atoms with Crippen molar-refractivity contribution in [3.05, 3.63) is 64.1 Å². The number of para-hydroxylation sites is 1. The molecule has 204 valence electrons. The first-order valence-electron chi connectivity index (χ1n) is 11.6. The van der Waals surface area contributed by atoms with Crippen molar-refractivity contribution >= 4 is 28.7 Å². The van der Waals surface area contributed by atoms with Gasteiger partial charge in [0.25, 0.3) is 11.5 Å². The van der Waals surface area contributed by atoms with E-state index in [-0.39, 0.29) is 29.1 Å². The molecule has 2 aromatic heterocycles. The highest BCUT2D eigenvalue weighted by molar-refractivity contribution is 6.11. The van der Waals surface area contributed by atoms with Gasteiger partial charge in [-0.2, -0.15) is 13.2 Å². The molecule has 0 aliphatic carbocycles. The third-order valence-corrected chi connectivity index (χ3v) is 5.36. The Balaban J connectivity index is 2.50. The predicted octanol–water partition coefficient (Wildman–Crippen LogP) is 4.37. The zero-order valence-electron chi connectivity index (χ0n) is 22.3. The van der Waals surface area contributed by atoms with Crippen molar-refractivity contribution in [1.82, 2.24) is 19.4 Å². The summed E-state index contributed by atoms with van der Waals surface area (Å²) in [6.07, 6.45) is -5.71. The molecule has 0 saturated carbocycles. The summed E-state index contributed by atoms with van der Waals surface area (Å²) >= 11 is 0. The molecule has 0 atom stereocenters. The molecule has 12 heteroatoms. The number of anilines is 1. The summed E-state index contributed by atoms with van der Waals surface area (Å²) in [6, 6.07) is 9.74. The molecule has 0 saturated heterocycles. The smallest absolute Gasteiger partial charge is 0.433 e. The lowest BCUT2D eigenvalue weighted by molar-refractivity contribution is -0.141. The number of aromatic nitrogens is 2. The fourth-order valence-corrected chi connectivity index (χ4v) is 3.86. The van der Waals surface area contributed by atoms with Gasteiger partial charge in [-0.05, 0) is 59.1 Å². The van der Waals surface area contributed by atoms with Crippen LogP contribution in [0.25, 0.3) is 16.7 Å². The van der Waals surface area contributed by atoms with Crippen LogP contribution in [0.1, 0.15) is 36.8 Å². The van der Waals surface area contributed by atoms with Gasteiger partial charge >= 0.3 is 12.3 Å². The molecule has 0 radical (unpaired) electrons. The molecule has 2 heterocycles. The highest BCUT2D eigenvalue weighted by Gasteiger charge is 2.36. The lowest BCUT2D eigenvalue weighted by Gasteiger charge is -2.29. The molecule has 38 heavy (non-hydrogen) atoms. The van der Waals surface area contributed by atoms with E-state index in [0.717, 1.165) is 21.6 Å². The molecule has 0 aliphatic rings. The van der Waals surface area contributed by atoms with Gasteiger partial charge in [0.05, 0.1) is 18.0 Å². The van der Waals surface area contributed by atoms with Crippen LogP contribution < -0.4 is 10.5 Å². The van der Waals surface area contributed by atoms with Gasteiger partial charge in [-0.25, -0.2) is 9.78 Å². The molecular formula is C26H30F3N5O4. The van der Waals surface area contributed by atoms with Crippen molar-refractivity contribution in [2.75, 3.05) is 39.8 Å². The molecule has 0 spiro atoms. The van der Waals surface area contributed by atoms with Crippen molar-refractivity contribution in [1.29, 1.82) is 0 Å². The van der Waals surface area contributed by atoms with Crippen LogP contribution in [0.4, 0.5) is 23.7 Å². The number of benzene rings is 1. The molecule has 0 N–H and O–H groups in total. The second kappa shape index (κ2) is 10.4. The summed E-state index contributed by atoms with van der Waals surface area (Å²) in [5.74, 6) is -0.736. The third kappa shape index (κ3) is 5.96. The van der Waals surface area contributed by atoms with E-state index in [1.54, 1.807) is 58.0 Å². The van der Waals surface area contributed by atoms with E-state index < -0.39 is 40.6 Å². The number of amides is 2. The van der Waals surface area contributed by atoms with Crippen molar-refractivity contribution < 1.29 is 27.5 Å². The van der Waals surface area contributed by atoms with Gasteiger partial charge in [-0.1, -0.05) is 18.2 Å². The summed E-state index contributed by atoms with van der Waals surface area (Å²) in [5.41, 5.74) is -3.88. The molecule has 0 unspecified atom stereocenters. The molecule has 9 nitrogen and oxygen atoms in total. The second-order valence-corrected chi connectivity index (χ2v) is 10.0. The topological polar surface area (TPSA) is 88.0 Å². The average molecular weight is 534 g/mol. The minimum Gasteiger partial charge on any atom is -0.443 e. The Hall–Kier alpha value is -3.93. The van der Waals surface area contributed by atoms with Crippen molar-refractivity contribution in [2.45, 2.75) is 32.5 Å². The Bertz CT molecular complexity index is 1410. The summed E-state index contributed by atoms with van der Waals surface area (Å²) in [6.45, 7) is 5.04. The van der Waals surface area contributed by atoms with E-state index in [1.807, 2.05) is 0 Å². The Kier molecular flexibility index (Phi) is 7.87. The van der Waals surface area contributed by atoms with Crippen molar-refractivity contribution in [2.24, 2.45) is 0 Å². The highest BCUT2D eigenvalue weighted by atomic mass is 19.4. The van der Waals surface area contributed by atoms with Gasteiger partial charge in [0.1, 0.15) is 22.5 Å². The number of alkyl halides is 3. The Morgan fingerprint density at radius 2 is 1.58 bits per heavy atom. The van der Waals surface area contributed by atoms with Crippen LogP contribution in [0.15, 0.2) is 47.3 Å². The monoisotopic (exact) mass is 533 g/mol. The van der Waals surface area contributed by atoms with Gasteiger partial charge in [0.2, 0.25) is 0 Å². The average Bonchev–Trinajstić information content (AvgIpc) is 2.80. The van der Waals surface area contributed by atoms with E-state index in [4.69, 9.17) is 4.74 Å². The van der Waals surface area contributed by atoms with Crippen LogP contribution in [-0.2, 0) is 10.9 Å². The zero-order chi connectivity index (χ0) is 28.6. The van der Waals surface area contributed by atoms with Gasteiger partial charge in [0.15, 0.2) is 0 Å². The van der Waals surface area contributed by atoms with Crippen LogP contribution in [0.5, 0.6) is 0 Å². The second-order valence-electron chi connectivity index (χ2n) is 10.0. The van der Waals surface area contributed by atoms with Crippen LogP contribution in [0, 0.1) is 0 Å². The molecule has 3 rings (SSSR count). The SMILES string of the molecule is CN(C)CN(C)C(=O)c1c(N(C)C(=O)OC(C)(C)C)c2ccc(C(F)(F)F)nc2n(-c2ccccc2)c1=O. The number of halogens is 3. The zero-order valence-corrected chi connectivity index (χ0v) is 22.3. The van der Waals surface area contributed by atoms with Crippen LogP contribution in [0.2, 0.25) is 0 Å². The molecule has 1 aromatic carbocycles. The quantitative estimate of drug-likeness (QED) is 0.453. The minimum absolute atomic E-state index is 0.0172. The fraction of sp³-hybridized carbons (Fsp3) is 0.385. The maximum atomic E-state index is 14.0. The number of carbonyl (C=O) groups excluding carboxylic acids is 2. The number of pyridine rings is 2. The van der Waals surface area contributed by atoms with Crippen LogP contribution in [0.3, 0.4) is 0 Å². The van der Waals surface area contributed by atoms with Gasteiger partial charge in [0, 0.05) is 19.5 Å². The minimum atomic E-state index is -4.80. The number of hydrogen-bond acceptors (Lipinski definition) is 6. The maximum absolute atomic E-state index is 14.0. The number of nitrogens with zero attached hydrogens (tertiary/aromatic N) is 5. The standard InChI is InChI=1S/C26H30F3N5O4/c1-25(2,3)38-24(37)33(7)20-17-13-14-18(26(27,28)29)30-21(17)34(16-11-9-8-10-12-16)23(36)19(20)22(35)32(6)15-31(4)5/h8-14H,15H2,1-7H3. The molecule has 0 fully saturated rings. The largest absolute Gasteiger partial charge is 0.443 e. The number of rotatable bonds is 5. The summed E-state index contributed by atoms with van der Waals surface area (Å²) in [7, 11) is 6.21. The van der Waals surface area contributed by atoms with Crippen LogP contribution >= 0.6 is 0 Å². The summed E-state index contributed by atoms with van der Waals surface area (Å²) in [4.78, 5) is 48.5. The predicted molar refractivity (Wildman–Crippen MR) is 138 cm³/mol. The first kappa shape index (κ1) is 28.6. The van der Waals surface area contributed by atoms with E-state index in [9.17, 15) is 27.6 Å². The van der Waals surface area contributed by atoms with E-state index >= 15 is 0 Å². The molecule has 0 bridgehead atoms. The number of hydrogen-bond donors (Lipinski definition) is 0. The molecule has 3 aromatic rings. The normalized spacial score (nSPS) is 12.1. The Labute approximate surface area is 218 Å². The van der Waals surface area contributed by atoms with Crippen molar-refractivity contribution in [3.63, 3.8) is 0 Å². The number of carbonyl (C=O) groups is 2. The highest BCUT2D eigenvalue weighted by Crippen LogP contribution is 2.34. The third-order valence-electron chi connectivity index (χ3n) is 5.36. The van der Waals surface area contributed by atoms with Crippen molar-refractivity contribution in [3.8, 4) is 5.69 Å². The van der Waals surface area contributed by atoms with Crippen LogP contribution in [-0.4, -0.2) is 71.8 Å². The molecule has 2 amide bonds. The Morgan fingerprint density at radius 1 is 0.974 bits per heavy atom. The van der Waals surface area contributed by atoms with Gasteiger partial charge in [-0.15, -0.1) is 0 Å². The number of ether oxygens (including phenoxy) is 1. The van der Waals surface area contributed by atoms with E-state index in [0.29, 0.717) is 0 Å². The fourth-order valence-electron chi connectivity index (χ4n) is 3.86. The summed E-state index contributed by atoms with van der Waals surface area (Å²) in [5, 5.41) is -0.0172. The lowest BCUT2D eigenvalue weighted by atomic mass is 10.1. The molecular weight excluding hydrogens is 503 g/mol. The molecule has 0 aliphatic heterocycles. The maximum Gasteiger partial charge on any atom is 0.433 e. The van der Waals surface area contributed by atoms with E-state index in [2.05, 4.69) is 4.98 Å². The van der Waals surface area contributed by atoms with Gasteiger partial charge < -0.3 is 9.64 Å². The first-order valence-corrected chi connectivity index (χ1v) is 11.6. The van der Waals surface area contributed by atoms with Gasteiger partial charge in [-0.3, -0.25) is 24.0 Å². The Morgan fingerprint density at radius 3 is 2.11 bits per heavy atom. The summed E-state index contributed by atoms with van der Waals surface area (Å²) < 4.78 is 47.4.